The summed E-state index contributed by atoms with van der Waals surface area (Å²) < 4.78 is 0. The lowest BCUT2D eigenvalue weighted by Gasteiger charge is -2.15. The van der Waals surface area contributed by atoms with Gasteiger partial charge in [-0.3, -0.25) is 0 Å². The van der Waals surface area contributed by atoms with E-state index >= 15 is 0 Å². The first-order valence-corrected chi connectivity index (χ1v) is 6.71. The minimum Gasteiger partial charge on any atom is -0.478 e. The zero-order chi connectivity index (χ0) is 13.7. The average Bonchev–Trinajstić information content (AvgIpc) is 2.48. The maximum atomic E-state index is 10.9. The molecule has 0 spiro atoms. The van der Waals surface area contributed by atoms with Crippen LogP contribution in [0.2, 0.25) is 0 Å². The van der Waals surface area contributed by atoms with Crippen LogP contribution in [0.4, 0.5) is 0 Å². The molecule has 3 heteroatoms. The molecule has 1 aliphatic carbocycles. The molecule has 2 N–H and O–H groups in total. The van der Waals surface area contributed by atoms with Gasteiger partial charge in [0.15, 0.2) is 0 Å². The van der Waals surface area contributed by atoms with E-state index in [2.05, 4.69) is 19.6 Å². The molecular formula is C15H24O3. The Morgan fingerprint density at radius 2 is 2.22 bits per heavy atom. The van der Waals surface area contributed by atoms with Crippen LogP contribution in [-0.4, -0.2) is 22.3 Å². The summed E-state index contributed by atoms with van der Waals surface area (Å²) in [7, 11) is 0. The maximum absolute atomic E-state index is 10.9. The van der Waals surface area contributed by atoms with Gasteiger partial charge < -0.3 is 10.2 Å². The Morgan fingerprint density at radius 3 is 2.78 bits per heavy atom. The molecule has 0 heterocycles. The van der Waals surface area contributed by atoms with Crippen LogP contribution in [-0.2, 0) is 4.79 Å². The van der Waals surface area contributed by atoms with Crippen LogP contribution >= 0.6 is 0 Å². The Kier molecular flexibility index (Phi) is 5.60. The molecule has 0 fully saturated rings. The lowest BCUT2D eigenvalue weighted by molar-refractivity contribution is -0.133. The van der Waals surface area contributed by atoms with E-state index in [1.807, 2.05) is 0 Å². The van der Waals surface area contributed by atoms with Crippen LogP contribution in [0, 0.1) is 11.8 Å². The van der Waals surface area contributed by atoms with E-state index in [1.165, 1.54) is 5.57 Å². The normalized spacial score (nSPS) is 26.1. The predicted molar refractivity (Wildman–Crippen MR) is 72.3 cm³/mol. The molecule has 0 saturated heterocycles. The van der Waals surface area contributed by atoms with Crippen molar-refractivity contribution in [2.75, 3.05) is 0 Å². The quantitative estimate of drug-likeness (QED) is 0.583. The summed E-state index contributed by atoms with van der Waals surface area (Å²) in [5.41, 5.74) is 1.69. The average molecular weight is 252 g/mol. The number of aliphatic hydroxyl groups excluding tert-OH is 1. The number of aliphatic hydroxyl groups is 1. The largest absolute Gasteiger partial charge is 0.478 e. The fraction of sp³-hybridized carbons (Fsp3) is 0.667. The fourth-order valence-electron chi connectivity index (χ4n) is 2.46. The van der Waals surface area contributed by atoms with E-state index in [0.717, 1.165) is 32.1 Å². The third-order valence-corrected chi connectivity index (χ3v) is 3.86. The number of aliphatic carboxylic acids is 1. The van der Waals surface area contributed by atoms with E-state index < -0.39 is 5.97 Å². The zero-order valence-corrected chi connectivity index (χ0v) is 11.4. The minimum atomic E-state index is -0.881. The van der Waals surface area contributed by atoms with Crippen molar-refractivity contribution < 1.29 is 15.0 Å². The molecule has 0 aromatic rings. The SMILES string of the molecule is C=C(C(=O)O)[C@H]1CC=C(CC[C@@H](C)O)[C@@H](C)CC1. The van der Waals surface area contributed by atoms with Crippen molar-refractivity contribution >= 4 is 5.97 Å². The molecule has 3 atom stereocenters. The summed E-state index contributed by atoms with van der Waals surface area (Å²) in [6, 6.07) is 0. The van der Waals surface area contributed by atoms with Crippen molar-refractivity contribution in [3.05, 3.63) is 23.8 Å². The summed E-state index contributed by atoms with van der Waals surface area (Å²) in [5, 5.41) is 18.3. The monoisotopic (exact) mass is 252 g/mol. The molecule has 0 radical (unpaired) electrons. The summed E-state index contributed by atoms with van der Waals surface area (Å²) >= 11 is 0. The van der Waals surface area contributed by atoms with E-state index in [4.69, 9.17) is 5.11 Å². The molecule has 18 heavy (non-hydrogen) atoms. The van der Waals surface area contributed by atoms with Crippen molar-refractivity contribution in [3.63, 3.8) is 0 Å². The first-order chi connectivity index (χ1) is 8.41. The Balaban J connectivity index is 2.64. The molecule has 3 nitrogen and oxygen atoms in total. The number of allylic oxidation sites excluding steroid dienone is 2. The molecule has 0 aromatic carbocycles. The van der Waals surface area contributed by atoms with Gasteiger partial charge in [-0.2, -0.15) is 0 Å². The third kappa shape index (κ3) is 4.30. The number of rotatable bonds is 5. The minimum absolute atomic E-state index is 0.0639. The fourth-order valence-corrected chi connectivity index (χ4v) is 2.46. The number of carboxylic acids is 1. The van der Waals surface area contributed by atoms with E-state index in [1.54, 1.807) is 6.92 Å². The number of hydrogen-bond acceptors (Lipinski definition) is 2. The van der Waals surface area contributed by atoms with Crippen molar-refractivity contribution in [1.29, 1.82) is 0 Å². The summed E-state index contributed by atoms with van der Waals surface area (Å²) in [4.78, 5) is 10.9. The number of hydrogen-bond donors (Lipinski definition) is 2. The predicted octanol–water partition coefficient (Wildman–Crippen LogP) is 3.15. The van der Waals surface area contributed by atoms with E-state index in [-0.39, 0.29) is 12.0 Å². The van der Waals surface area contributed by atoms with Gasteiger partial charge in [0, 0.05) is 5.57 Å². The summed E-state index contributed by atoms with van der Waals surface area (Å²) in [5.74, 6) is -0.335. The highest BCUT2D eigenvalue weighted by Gasteiger charge is 2.22. The smallest absolute Gasteiger partial charge is 0.331 e. The third-order valence-electron chi connectivity index (χ3n) is 3.86. The van der Waals surface area contributed by atoms with Crippen LogP contribution in [0.1, 0.15) is 46.0 Å². The molecule has 102 valence electrons. The van der Waals surface area contributed by atoms with Crippen LogP contribution < -0.4 is 0 Å². The first-order valence-electron chi connectivity index (χ1n) is 6.71. The first kappa shape index (κ1) is 15.0. The van der Waals surface area contributed by atoms with Gasteiger partial charge in [0.2, 0.25) is 0 Å². The van der Waals surface area contributed by atoms with Gasteiger partial charge in [-0.15, -0.1) is 0 Å². The topological polar surface area (TPSA) is 57.5 Å². The summed E-state index contributed by atoms with van der Waals surface area (Å²) in [6.45, 7) is 7.66. The highest BCUT2D eigenvalue weighted by molar-refractivity contribution is 5.86. The highest BCUT2D eigenvalue weighted by Crippen LogP contribution is 2.32. The zero-order valence-electron chi connectivity index (χ0n) is 11.4. The van der Waals surface area contributed by atoms with E-state index in [0.29, 0.717) is 11.5 Å². The standard InChI is InChI=1S/C15H24O3/c1-10-4-6-14(12(3)15(17)18)9-8-13(10)7-5-11(2)16/h8,10-11,14,16H,3-7,9H2,1-2H3,(H,17,18)/t10-,11+,14+/m0/s1. The van der Waals surface area contributed by atoms with Gasteiger partial charge >= 0.3 is 5.97 Å². The van der Waals surface area contributed by atoms with E-state index in [9.17, 15) is 9.90 Å². The van der Waals surface area contributed by atoms with Crippen molar-refractivity contribution in [1.82, 2.24) is 0 Å². The number of carboxylic acid groups (broad SMARTS) is 1. The Labute approximate surface area is 109 Å². The van der Waals surface area contributed by atoms with Gasteiger partial charge in [-0.1, -0.05) is 25.2 Å². The van der Waals surface area contributed by atoms with Crippen molar-refractivity contribution in [3.8, 4) is 0 Å². The van der Waals surface area contributed by atoms with Crippen molar-refractivity contribution in [2.45, 2.75) is 52.1 Å². The van der Waals surface area contributed by atoms with Gasteiger partial charge in [-0.05, 0) is 50.9 Å². The maximum Gasteiger partial charge on any atom is 0.331 e. The Hall–Kier alpha value is -1.09. The number of carbonyl (C=O) groups is 1. The summed E-state index contributed by atoms with van der Waals surface area (Å²) in [6.07, 6.45) is 6.24. The molecule has 0 aliphatic heterocycles. The molecule has 0 bridgehead atoms. The van der Waals surface area contributed by atoms with Crippen LogP contribution in [0.25, 0.3) is 0 Å². The van der Waals surface area contributed by atoms with Gasteiger partial charge in [-0.25, -0.2) is 4.79 Å². The molecule has 0 saturated carbocycles. The second kappa shape index (κ2) is 6.74. The van der Waals surface area contributed by atoms with Gasteiger partial charge in [0.1, 0.15) is 0 Å². The molecule has 1 aliphatic rings. The lowest BCUT2D eigenvalue weighted by atomic mass is 9.90. The Morgan fingerprint density at radius 1 is 1.56 bits per heavy atom. The molecule has 0 unspecified atom stereocenters. The van der Waals surface area contributed by atoms with Crippen LogP contribution in [0.3, 0.4) is 0 Å². The van der Waals surface area contributed by atoms with Gasteiger partial charge in [0.25, 0.3) is 0 Å². The Bertz CT molecular complexity index is 342. The van der Waals surface area contributed by atoms with Crippen LogP contribution in [0.5, 0.6) is 0 Å². The highest BCUT2D eigenvalue weighted by atomic mass is 16.4. The van der Waals surface area contributed by atoms with Gasteiger partial charge in [0.05, 0.1) is 6.10 Å². The molecular weight excluding hydrogens is 228 g/mol. The van der Waals surface area contributed by atoms with Crippen molar-refractivity contribution in [2.24, 2.45) is 11.8 Å². The molecule has 0 aromatic heterocycles. The van der Waals surface area contributed by atoms with Crippen LogP contribution in [0.15, 0.2) is 23.8 Å². The molecule has 0 amide bonds. The lowest BCUT2D eigenvalue weighted by Crippen LogP contribution is -2.11. The second-order valence-corrected chi connectivity index (χ2v) is 5.41. The molecule has 1 rings (SSSR count). The second-order valence-electron chi connectivity index (χ2n) is 5.41.